The van der Waals surface area contributed by atoms with Crippen molar-refractivity contribution < 1.29 is 28.5 Å². The van der Waals surface area contributed by atoms with Crippen LogP contribution in [0, 0.1) is 0 Å². The summed E-state index contributed by atoms with van der Waals surface area (Å²) in [6.07, 6.45) is -0.917. The van der Waals surface area contributed by atoms with Gasteiger partial charge in [-0.2, -0.15) is 0 Å². The number of nitrogens with zero attached hydrogens (tertiary/aromatic N) is 1. The van der Waals surface area contributed by atoms with Crippen LogP contribution in [0.25, 0.3) is 10.6 Å². The fourth-order valence-corrected chi connectivity index (χ4v) is 3.27. The molecule has 0 aliphatic carbocycles. The van der Waals surface area contributed by atoms with E-state index < -0.39 is 12.1 Å². The van der Waals surface area contributed by atoms with Crippen LogP contribution in [0.4, 0.5) is 0 Å². The first kappa shape index (κ1) is 21.6. The Balaban J connectivity index is 1.99. The average Bonchev–Trinajstić information content (AvgIpc) is 3.15. The summed E-state index contributed by atoms with van der Waals surface area (Å²) in [7, 11) is 4.67. The van der Waals surface area contributed by atoms with E-state index in [1.54, 1.807) is 32.8 Å². The van der Waals surface area contributed by atoms with E-state index in [0.717, 1.165) is 5.56 Å². The molecule has 1 aromatic carbocycles. The van der Waals surface area contributed by atoms with Crippen LogP contribution >= 0.6 is 11.3 Å². The van der Waals surface area contributed by atoms with Crippen molar-refractivity contribution in [3.63, 3.8) is 0 Å². The summed E-state index contributed by atoms with van der Waals surface area (Å²) in [5.74, 6) is 0.286. The van der Waals surface area contributed by atoms with E-state index in [4.69, 9.17) is 18.9 Å². The zero-order valence-electron chi connectivity index (χ0n) is 16.3. The number of para-hydroxylation sites is 1. The molecule has 0 radical (unpaired) electrons. The molecule has 1 heterocycles. The molecule has 0 saturated heterocycles. The molecule has 0 spiro atoms. The molecule has 152 valence electrons. The molecule has 28 heavy (non-hydrogen) atoms. The van der Waals surface area contributed by atoms with E-state index >= 15 is 0 Å². The third-order valence-corrected chi connectivity index (χ3v) is 4.72. The first-order chi connectivity index (χ1) is 13.5. The number of aromatic nitrogens is 1. The molecule has 1 N–H and O–H groups in total. The van der Waals surface area contributed by atoms with Crippen molar-refractivity contribution in [3.8, 4) is 22.1 Å². The minimum Gasteiger partial charge on any atom is -0.493 e. The fourth-order valence-electron chi connectivity index (χ4n) is 2.43. The number of carbonyl (C=O) groups excluding carboxylic acids is 2. The molecular formula is C19H24N2O6S. The van der Waals surface area contributed by atoms with Gasteiger partial charge < -0.3 is 24.3 Å². The monoisotopic (exact) mass is 408 g/mol. The summed E-state index contributed by atoms with van der Waals surface area (Å²) in [5, 5.41) is 5.10. The standard InChI is InChI=1S/C19H24N2O6S/c1-12(18(23)20-8-9-24-2)27-16(22)10-13-11-28-19(21-13)14-6-5-7-15(25-3)17(14)26-4/h5-7,11-12H,8-10H2,1-4H3,(H,20,23)/t12-/m0/s1. The Kier molecular flexibility index (Phi) is 8.21. The fraction of sp³-hybridized carbons (Fsp3) is 0.421. The molecule has 0 fully saturated rings. The van der Waals surface area contributed by atoms with E-state index in [2.05, 4.69) is 10.3 Å². The maximum Gasteiger partial charge on any atom is 0.312 e. The lowest BCUT2D eigenvalue weighted by Gasteiger charge is -2.13. The number of nitrogens with one attached hydrogen (secondary N) is 1. The Bertz CT molecular complexity index is 807. The number of esters is 1. The van der Waals surface area contributed by atoms with Gasteiger partial charge in [0.05, 0.1) is 38.5 Å². The van der Waals surface area contributed by atoms with E-state index in [9.17, 15) is 9.59 Å². The molecular weight excluding hydrogens is 384 g/mol. The van der Waals surface area contributed by atoms with Crippen molar-refractivity contribution in [1.82, 2.24) is 10.3 Å². The van der Waals surface area contributed by atoms with Gasteiger partial charge >= 0.3 is 5.97 Å². The van der Waals surface area contributed by atoms with Gasteiger partial charge in [-0.1, -0.05) is 6.07 Å². The number of amides is 1. The molecule has 9 heteroatoms. The highest BCUT2D eigenvalue weighted by Gasteiger charge is 2.19. The summed E-state index contributed by atoms with van der Waals surface area (Å²) in [5.41, 5.74) is 1.33. The highest BCUT2D eigenvalue weighted by Crippen LogP contribution is 2.38. The number of ether oxygens (including phenoxy) is 4. The highest BCUT2D eigenvalue weighted by atomic mass is 32.1. The SMILES string of the molecule is COCCNC(=O)[C@H](C)OC(=O)Cc1csc(-c2cccc(OC)c2OC)n1. The molecule has 0 aliphatic rings. The van der Waals surface area contributed by atoms with Crippen LogP contribution < -0.4 is 14.8 Å². The van der Waals surface area contributed by atoms with Gasteiger partial charge in [-0.05, 0) is 19.1 Å². The first-order valence-corrected chi connectivity index (χ1v) is 9.50. The topological polar surface area (TPSA) is 96.0 Å². The quantitative estimate of drug-likeness (QED) is 0.475. The molecule has 2 aromatic rings. The largest absolute Gasteiger partial charge is 0.493 e. The van der Waals surface area contributed by atoms with Crippen LogP contribution in [0.15, 0.2) is 23.6 Å². The van der Waals surface area contributed by atoms with Crippen LogP contribution in [-0.2, 0) is 25.5 Å². The predicted molar refractivity (Wildman–Crippen MR) is 105 cm³/mol. The zero-order chi connectivity index (χ0) is 20.5. The molecule has 1 amide bonds. The van der Waals surface area contributed by atoms with Crippen LogP contribution in [-0.4, -0.2) is 57.4 Å². The Morgan fingerprint density at radius 2 is 2.00 bits per heavy atom. The smallest absolute Gasteiger partial charge is 0.312 e. The molecule has 0 unspecified atom stereocenters. The highest BCUT2D eigenvalue weighted by molar-refractivity contribution is 7.13. The van der Waals surface area contributed by atoms with Gasteiger partial charge in [-0.3, -0.25) is 9.59 Å². The molecule has 0 saturated carbocycles. The number of carbonyl (C=O) groups is 2. The zero-order valence-corrected chi connectivity index (χ0v) is 17.1. The van der Waals surface area contributed by atoms with Crippen molar-refractivity contribution in [3.05, 3.63) is 29.3 Å². The van der Waals surface area contributed by atoms with Gasteiger partial charge in [0, 0.05) is 19.0 Å². The Morgan fingerprint density at radius 1 is 1.21 bits per heavy atom. The van der Waals surface area contributed by atoms with Crippen LogP contribution in [0.2, 0.25) is 0 Å². The van der Waals surface area contributed by atoms with Crippen LogP contribution in [0.5, 0.6) is 11.5 Å². The van der Waals surface area contributed by atoms with Crippen molar-refractivity contribution >= 4 is 23.2 Å². The first-order valence-electron chi connectivity index (χ1n) is 8.62. The summed E-state index contributed by atoms with van der Waals surface area (Å²) in [4.78, 5) is 28.4. The second kappa shape index (κ2) is 10.6. The van der Waals surface area contributed by atoms with Gasteiger partial charge in [-0.15, -0.1) is 11.3 Å². The third kappa shape index (κ3) is 5.67. The van der Waals surface area contributed by atoms with Crippen molar-refractivity contribution in [1.29, 1.82) is 0 Å². The summed E-state index contributed by atoms with van der Waals surface area (Å²) in [6.45, 7) is 2.27. The van der Waals surface area contributed by atoms with Gasteiger partial charge in [0.1, 0.15) is 5.01 Å². The van der Waals surface area contributed by atoms with Crippen molar-refractivity contribution in [2.45, 2.75) is 19.4 Å². The summed E-state index contributed by atoms with van der Waals surface area (Å²) < 4.78 is 20.8. The average molecular weight is 408 g/mol. The predicted octanol–water partition coefficient (Wildman–Crippen LogP) is 2.06. The van der Waals surface area contributed by atoms with Gasteiger partial charge in [0.25, 0.3) is 5.91 Å². The lowest BCUT2D eigenvalue weighted by molar-refractivity contribution is -0.154. The molecule has 1 aromatic heterocycles. The Labute approximate surface area is 167 Å². The van der Waals surface area contributed by atoms with E-state index in [0.29, 0.717) is 35.4 Å². The summed E-state index contributed by atoms with van der Waals surface area (Å²) >= 11 is 1.38. The minimum atomic E-state index is -0.888. The molecule has 8 nitrogen and oxygen atoms in total. The number of thiazole rings is 1. The van der Waals surface area contributed by atoms with Gasteiger partial charge in [0.2, 0.25) is 0 Å². The van der Waals surface area contributed by atoms with E-state index in [1.807, 2.05) is 12.1 Å². The molecule has 2 rings (SSSR count). The molecule has 0 bridgehead atoms. The van der Waals surface area contributed by atoms with E-state index in [-0.39, 0.29) is 12.3 Å². The van der Waals surface area contributed by atoms with Gasteiger partial charge in [-0.25, -0.2) is 4.98 Å². The molecule has 1 atom stereocenters. The van der Waals surface area contributed by atoms with Crippen LogP contribution in [0.1, 0.15) is 12.6 Å². The number of methoxy groups -OCH3 is 3. The Morgan fingerprint density at radius 3 is 2.68 bits per heavy atom. The second-order valence-electron chi connectivity index (χ2n) is 5.78. The lowest BCUT2D eigenvalue weighted by Crippen LogP contribution is -2.37. The maximum absolute atomic E-state index is 12.1. The lowest BCUT2D eigenvalue weighted by atomic mass is 10.2. The molecule has 0 aliphatic heterocycles. The van der Waals surface area contributed by atoms with Gasteiger partial charge in [0.15, 0.2) is 17.6 Å². The third-order valence-electron chi connectivity index (χ3n) is 3.79. The summed E-state index contributed by atoms with van der Waals surface area (Å²) in [6, 6.07) is 5.51. The normalized spacial score (nSPS) is 11.6. The van der Waals surface area contributed by atoms with E-state index in [1.165, 1.54) is 18.3 Å². The number of rotatable bonds is 10. The van der Waals surface area contributed by atoms with Crippen LogP contribution in [0.3, 0.4) is 0 Å². The van der Waals surface area contributed by atoms with Crippen molar-refractivity contribution in [2.24, 2.45) is 0 Å². The number of hydrogen-bond donors (Lipinski definition) is 1. The maximum atomic E-state index is 12.1. The van der Waals surface area contributed by atoms with Crippen molar-refractivity contribution in [2.75, 3.05) is 34.5 Å². The number of hydrogen-bond acceptors (Lipinski definition) is 8. The minimum absolute atomic E-state index is 0.0293. The Hall–Kier alpha value is -2.65. The number of benzene rings is 1. The second-order valence-corrected chi connectivity index (χ2v) is 6.64.